The van der Waals surface area contributed by atoms with Gasteiger partial charge in [0, 0.05) is 37.3 Å². The van der Waals surface area contributed by atoms with Crippen LogP contribution >= 0.6 is 0 Å². The molecule has 1 amide bonds. The lowest BCUT2D eigenvalue weighted by Gasteiger charge is -2.30. The second-order valence-electron chi connectivity index (χ2n) is 7.98. The summed E-state index contributed by atoms with van der Waals surface area (Å²) in [6.07, 6.45) is 10.6. The number of hydrogen-bond donors (Lipinski definition) is 0. The Labute approximate surface area is 160 Å². The molecule has 2 fully saturated rings. The Kier molecular flexibility index (Phi) is 5.50. The van der Waals surface area contributed by atoms with Crippen molar-refractivity contribution >= 4 is 5.91 Å². The van der Waals surface area contributed by atoms with Crippen LogP contribution in [0.15, 0.2) is 22.7 Å². The SMILES string of the molecule is Cc1ccc(-c2nnc(C3CCN(C(=O)CCC4CCCC4)CC3)o2)cn1. The molecular formula is C21H28N4O2. The normalized spacial score (nSPS) is 18.9. The van der Waals surface area contributed by atoms with Gasteiger partial charge in [-0.25, -0.2) is 0 Å². The minimum absolute atomic E-state index is 0.239. The second-order valence-corrected chi connectivity index (χ2v) is 7.98. The highest BCUT2D eigenvalue weighted by atomic mass is 16.4. The summed E-state index contributed by atoms with van der Waals surface area (Å²) in [5, 5.41) is 8.43. The van der Waals surface area contributed by atoms with Crippen LogP contribution in [0.5, 0.6) is 0 Å². The second kappa shape index (κ2) is 8.19. The zero-order valence-electron chi connectivity index (χ0n) is 16.1. The third kappa shape index (κ3) is 4.37. The summed E-state index contributed by atoms with van der Waals surface area (Å²) in [4.78, 5) is 18.8. The van der Waals surface area contributed by atoms with Gasteiger partial charge in [0.1, 0.15) is 0 Å². The number of piperidine rings is 1. The summed E-state index contributed by atoms with van der Waals surface area (Å²) in [7, 11) is 0. The van der Waals surface area contributed by atoms with E-state index in [0.29, 0.717) is 24.1 Å². The number of pyridine rings is 1. The van der Waals surface area contributed by atoms with Gasteiger partial charge in [-0.15, -0.1) is 10.2 Å². The van der Waals surface area contributed by atoms with E-state index in [1.807, 2.05) is 24.0 Å². The summed E-state index contributed by atoms with van der Waals surface area (Å²) in [5.74, 6) is 2.54. The molecule has 0 N–H and O–H groups in total. The third-order valence-corrected chi connectivity index (χ3v) is 6.04. The molecule has 144 valence electrons. The van der Waals surface area contributed by atoms with Gasteiger partial charge in [0.05, 0.1) is 5.56 Å². The van der Waals surface area contributed by atoms with Gasteiger partial charge in [-0.2, -0.15) is 0 Å². The molecule has 0 bridgehead atoms. The number of nitrogens with zero attached hydrogens (tertiary/aromatic N) is 4. The van der Waals surface area contributed by atoms with E-state index in [0.717, 1.165) is 49.5 Å². The number of hydrogen-bond acceptors (Lipinski definition) is 5. The van der Waals surface area contributed by atoms with Gasteiger partial charge >= 0.3 is 0 Å². The van der Waals surface area contributed by atoms with Crippen molar-refractivity contribution < 1.29 is 9.21 Å². The van der Waals surface area contributed by atoms with Crippen LogP contribution in [-0.4, -0.2) is 39.1 Å². The van der Waals surface area contributed by atoms with Crippen molar-refractivity contribution in [3.8, 4) is 11.5 Å². The molecule has 0 radical (unpaired) electrons. The van der Waals surface area contributed by atoms with E-state index in [2.05, 4.69) is 15.2 Å². The number of likely N-dealkylation sites (tertiary alicyclic amines) is 1. The summed E-state index contributed by atoms with van der Waals surface area (Å²) in [6.45, 7) is 3.53. The quantitative estimate of drug-likeness (QED) is 0.794. The van der Waals surface area contributed by atoms with Crippen LogP contribution in [0.2, 0.25) is 0 Å². The number of aryl methyl sites for hydroxylation is 1. The van der Waals surface area contributed by atoms with E-state index in [4.69, 9.17) is 4.42 Å². The minimum atomic E-state index is 0.239. The minimum Gasteiger partial charge on any atom is -0.420 e. The van der Waals surface area contributed by atoms with Crippen molar-refractivity contribution in [3.63, 3.8) is 0 Å². The first kappa shape index (κ1) is 18.1. The molecule has 6 nitrogen and oxygen atoms in total. The number of rotatable bonds is 5. The summed E-state index contributed by atoms with van der Waals surface area (Å²) in [5.41, 5.74) is 1.81. The molecule has 0 atom stereocenters. The largest absolute Gasteiger partial charge is 0.420 e. The van der Waals surface area contributed by atoms with Gasteiger partial charge in [0.2, 0.25) is 17.7 Å². The van der Waals surface area contributed by atoms with E-state index in [9.17, 15) is 4.79 Å². The summed E-state index contributed by atoms with van der Waals surface area (Å²) < 4.78 is 5.89. The van der Waals surface area contributed by atoms with Crippen LogP contribution in [0, 0.1) is 12.8 Å². The topological polar surface area (TPSA) is 72.1 Å². The van der Waals surface area contributed by atoms with E-state index in [1.165, 1.54) is 25.7 Å². The Morgan fingerprint density at radius 2 is 1.93 bits per heavy atom. The lowest BCUT2D eigenvalue weighted by Crippen LogP contribution is -2.38. The number of carbonyl (C=O) groups is 1. The Bertz CT molecular complexity index is 757. The molecule has 27 heavy (non-hydrogen) atoms. The van der Waals surface area contributed by atoms with Crippen LogP contribution < -0.4 is 0 Å². The van der Waals surface area contributed by atoms with Crippen molar-refractivity contribution in [1.82, 2.24) is 20.1 Å². The summed E-state index contributed by atoms with van der Waals surface area (Å²) in [6, 6.07) is 3.89. The van der Waals surface area contributed by atoms with Crippen molar-refractivity contribution in [2.75, 3.05) is 13.1 Å². The molecule has 2 aromatic heterocycles. The van der Waals surface area contributed by atoms with Crippen molar-refractivity contribution in [2.45, 2.75) is 64.2 Å². The highest BCUT2D eigenvalue weighted by Gasteiger charge is 2.28. The molecule has 6 heteroatoms. The molecule has 1 saturated heterocycles. The first-order valence-corrected chi connectivity index (χ1v) is 10.2. The van der Waals surface area contributed by atoms with E-state index in [-0.39, 0.29) is 5.92 Å². The maximum atomic E-state index is 12.5. The molecule has 0 aromatic carbocycles. The third-order valence-electron chi connectivity index (χ3n) is 6.04. The molecule has 3 heterocycles. The van der Waals surface area contributed by atoms with Gasteiger partial charge in [-0.3, -0.25) is 9.78 Å². The Morgan fingerprint density at radius 1 is 1.15 bits per heavy atom. The standard InChI is InChI=1S/C21H28N4O2/c1-15-6-8-18(14-22-15)21-24-23-20(27-21)17-10-12-25(13-11-17)19(26)9-7-16-4-2-3-5-16/h6,8,14,16-17H,2-5,7,9-13H2,1H3. The Hall–Kier alpha value is -2.24. The van der Waals surface area contributed by atoms with E-state index < -0.39 is 0 Å². The average Bonchev–Trinajstić information content (AvgIpc) is 3.39. The molecule has 1 saturated carbocycles. The molecule has 2 aliphatic rings. The lowest BCUT2D eigenvalue weighted by molar-refractivity contribution is -0.132. The number of aromatic nitrogens is 3. The molecule has 1 aliphatic carbocycles. The van der Waals surface area contributed by atoms with Crippen molar-refractivity contribution in [2.24, 2.45) is 5.92 Å². The zero-order valence-corrected chi connectivity index (χ0v) is 16.1. The van der Waals surface area contributed by atoms with Crippen LogP contribution in [0.4, 0.5) is 0 Å². The maximum Gasteiger partial charge on any atom is 0.249 e. The van der Waals surface area contributed by atoms with Crippen LogP contribution in [0.3, 0.4) is 0 Å². The Balaban J connectivity index is 1.29. The van der Waals surface area contributed by atoms with Crippen LogP contribution in [0.1, 0.15) is 68.9 Å². The fourth-order valence-corrected chi connectivity index (χ4v) is 4.27. The predicted octanol–water partition coefficient (Wildman–Crippen LogP) is 4.12. The molecular weight excluding hydrogens is 340 g/mol. The van der Waals surface area contributed by atoms with Gasteiger partial charge in [0.15, 0.2) is 0 Å². The van der Waals surface area contributed by atoms with Gasteiger partial charge in [0.25, 0.3) is 0 Å². The average molecular weight is 368 g/mol. The molecule has 0 unspecified atom stereocenters. The van der Waals surface area contributed by atoms with E-state index in [1.54, 1.807) is 6.20 Å². The van der Waals surface area contributed by atoms with Crippen molar-refractivity contribution in [1.29, 1.82) is 0 Å². The lowest BCUT2D eigenvalue weighted by atomic mass is 9.96. The molecule has 2 aromatic rings. The Morgan fingerprint density at radius 3 is 2.63 bits per heavy atom. The number of amides is 1. The molecule has 0 spiro atoms. The fourth-order valence-electron chi connectivity index (χ4n) is 4.27. The van der Waals surface area contributed by atoms with Crippen LogP contribution in [0.25, 0.3) is 11.5 Å². The maximum absolute atomic E-state index is 12.5. The molecule has 4 rings (SSSR count). The van der Waals surface area contributed by atoms with Gasteiger partial charge in [-0.05, 0) is 44.2 Å². The predicted molar refractivity (Wildman–Crippen MR) is 102 cm³/mol. The fraction of sp³-hybridized carbons (Fsp3) is 0.619. The highest BCUT2D eigenvalue weighted by molar-refractivity contribution is 5.76. The smallest absolute Gasteiger partial charge is 0.249 e. The number of carbonyl (C=O) groups excluding carboxylic acids is 1. The first-order valence-electron chi connectivity index (χ1n) is 10.2. The molecule has 1 aliphatic heterocycles. The van der Waals surface area contributed by atoms with E-state index >= 15 is 0 Å². The van der Waals surface area contributed by atoms with Crippen LogP contribution in [-0.2, 0) is 4.79 Å². The zero-order chi connectivity index (χ0) is 18.6. The van der Waals surface area contributed by atoms with Gasteiger partial charge in [-0.1, -0.05) is 25.7 Å². The monoisotopic (exact) mass is 368 g/mol. The highest BCUT2D eigenvalue weighted by Crippen LogP contribution is 2.31. The van der Waals surface area contributed by atoms with Crippen molar-refractivity contribution in [3.05, 3.63) is 29.9 Å². The summed E-state index contributed by atoms with van der Waals surface area (Å²) >= 11 is 0. The van der Waals surface area contributed by atoms with Gasteiger partial charge < -0.3 is 9.32 Å². The first-order chi connectivity index (χ1) is 13.2.